The highest BCUT2D eigenvalue weighted by Crippen LogP contribution is 2.31. The van der Waals surface area contributed by atoms with Gasteiger partial charge in [0.25, 0.3) is 6.47 Å². The van der Waals surface area contributed by atoms with Gasteiger partial charge in [0.2, 0.25) is 11.8 Å². The molecule has 0 aromatic heterocycles. The van der Waals surface area contributed by atoms with Crippen molar-refractivity contribution in [1.29, 1.82) is 0 Å². The number of unbranched alkanes of at least 4 members (excludes halogenated alkanes) is 4. The van der Waals surface area contributed by atoms with Gasteiger partial charge in [-0.2, -0.15) is 0 Å². The first kappa shape index (κ1) is 38.8. The number of allylic oxidation sites excluding steroid dienone is 1. The normalized spacial score (nSPS) is 21.8. The van der Waals surface area contributed by atoms with Crippen LogP contribution in [0.1, 0.15) is 108 Å². The monoisotopic (exact) mass is 642 g/mol. The van der Waals surface area contributed by atoms with Gasteiger partial charge in [-0.1, -0.05) is 62.1 Å². The van der Waals surface area contributed by atoms with Crippen molar-refractivity contribution in [3.63, 3.8) is 0 Å². The van der Waals surface area contributed by atoms with Crippen molar-refractivity contribution in [1.82, 2.24) is 15.1 Å². The Morgan fingerprint density at radius 1 is 0.978 bits per heavy atom. The molecule has 10 nitrogen and oxygen atoms in total. The number of carbonyl (C=O) groups is 4. The Kier molecular flexibility index (Phi) is 18.7. The van der Waals surface area contributed by atoms with Crippen molar-refractivity contribution in [2.45, 2.75) is 122 Å². The summed E-state index contributed by atoms with van der Waals surface area (Å²) in [7, 11) is 2.05. The van der Waals surface area contributed by atoms with E-state index in [0.29, 0.717) is 25.0 Å². The standard InChI is InChI=1S/C19H34N2O.C10H11NO2.C6H11NO.CH2O2/c1-16-11-9-10-14-21(16)19(22)13-8-6-4-3-5-7-12-17-15-18(17)20-2;12-10(13)11-6-5-8-3-1-2-4-9(8)7-11;7-6(8)5-3-1-2-4-5;2-1-3/h7,12,16-18,20H,3-6,8-11,13-15H2,1-2H3;1-4H,5-7H2,(H,12,13);5H,1-4H2,(H2,7,8);1H,(H,2,3)/b12-7-;;;/t16?,17-,18?;;;/m1.../s1. The maximum absolute atomic E-state index is 12.2. The Hall–Kier alpha value is -3.40. The van der Waals surface area contributed by atoms with Crippen molar-refractivity contribution in [2.75, 3.05) is 20.1 Å². The Labute approximate surface area is 275 Å². The molecule has 2 aliphatic heterocycles. The van der Waals surface area contributed by atoms with E-state index in [2.05, 4.69) is 35.4 Å². The van der Waals surface area contributed by atoms with Crippen molar-refractivity contribution < 1.29 is 29.4 Å². The SMILES string of the molecule is CNC1C[C@H]1/C=C\CCCCCCC(=O)N1CCCCC1C.NC(=O)C1CCCC1.O=C(O)N1CCc2ccccc2C1.O=CO. The molecule has 2 aliphatic carbocycles. The predicted octanol–water partition coefficient (Wildman–Crippen LogP) is 5.98. The number of fused-ring (bicyclic) bond motifs is 1. The lowest BCUT2D eigenvalue weighted by Gasteiger charge is -2.33. The largest absolute Gasteiger partial charge is 0.483 e. The highest BCUT2D eigenvalue weighted by molar-refractivity contribution is 5.77. The van der Waals surface area contributed by atoms with Gasteiger partial charge in [-0.05, 0) is 95.2 Å². The highest BCUT2D eigenvalue weighted by Gasteiger charge is 2.32. The van der Waals surface area contributed by atoms with E-state index < -0.39 is 6.09 Å². The van der Waals surface area contributed by atoms with Crippen LogP contribution in [0, 0.1) is 11.8 Å². The number of amides is 3. The molecular weight excluding hydrogens is 584 g/mol. The summed E-state index contributed by atoms with van der Waals surface area (Å²) in [5, 5.41) is 19.0. The first-order chi connectivity index (χ1) is 22.2. The van der Waals surface area contributed by atoms with Gasteiger partial charge in [-0.15, -0.1) is 0 Å². The topological polar surface area (TPSA) is 153 Å². The van der Waals surface area contributed by atoms with E-state index in [-0.39, 0.29) is 18.3 Å². The number of nitrogens with two attached hydrogens (primary N) is 1. The summed E-state index contributed by atoms with van der Waals surface area (Å²) in [5.41, 5.74) is 7.47. The zero-order valence-electron chi connectivity index (χ0n) is 28.1. The molecule has 3 amide bonds. The quantitative estimate of drug-likeness (QED) is 0.139. The molecule has 258 valence electrons. The molecular formula is C36H58N4O6. The summed E-state index contributed by atoms with van der Waals surface area (Å²) in [6, 6.07) is 9.20. The van der Waals surface area contributed by atoms with Crippen LogP contribution in [0.3, 0.4) is 0 Å². The average Bonchev–Trinajstić information content (AvgIpc) is 3.58. The van der Waals surface area contributed by atoms with Crippen LogP contribution in [0.15, 0.2) is 36.4 Å². The number of likely N-dealkylation sites (tertiary alicyclic amines) is 1. The number of carboxylic acid groups (broad SMARTS) is 2. The fourth-order valence-electron chi connectivity index (χ4n) is 6.40. The van der Waals surface area contributed by atoms with Crippen LogP contribution < -0.4 is 11.1 Å². The second kappa shape index (κ2) is 22.2. The molecule has 10 heteroatoms. The van der Waals surface area contributed by atoms with E-state index in [9.17, 15) is 14.4 Å². The van der Waals surface area contributed by atoms with Crippen LogP contribution in [0.2, 0.25) is 0 Å². The number of primary amides is 1. The lowest BCUT2D eigenvalue weighted by Crippen LogP contribution is -2.41. The predicted molar refractivity (Wildman–Crippen MR) is 181 cm³/mol. The number of nitrogens with zero attached hydrogens (tertiary/aromatic N) is 2. The van der Waals surface area contributed by atoms with E-state index in [0.717, 1.165) is 56.2 Å². The summed E-state index contributed by atoms with van der Waals surface area (Å²) in [6.07, 6.45) is 20.9. The van der Waals surface area contributed by atoms with E-state index in [1.165, 1.54) is 74.7 Å². The van der Waals surface area contributed by atoms with Gasteiger partial charge in [0.05, 0.1) is 0 Å². The van der Waals surface area contributed by atoms with Crippen LogP contribution in [-0.2, 0) is 27.3 Å². The summed E-state index contributed by atoms with van der Waals surface area (Å²) >= 11 is 0. The van der Waals surface area contributed by atoms with Crippen molar-refractivity contribution in [3.05, 3.63) is 47.5 Å². The summed E-state index contributed by atoms with van der Waals surface area (Å²) < 4.78 is 0. The molecule has 2 saturated carbocycles. The van der Waals surface area contributed by atoms with Gasteiger partial charge in [-0.3, -0.25) is 14.4 Å². The van der Waals surface area contributed by atoms with Crippen LogP contribution in [0.4, 0.5) is 4.79 Å². The average molecular weight is 643 g/mol. The molecule has 0 spiro atoms. The summed E-state index contributed by atoms with van der Waals surface area (Å²) in [4.78, 5) is 45.2. The van der Waals surface area contributed by atoms with Gasteiger partial charge in [-0.25, -0.2) is 4.79 Å². The lowest BCUT2D eigenvalue weighted by atomic mass is 10.0. The molecule has 0 radical (unpaired) electrons. The molecule has 1 saturated heterocycles. The molecule has 5 N–H and O–H groups in total. The fraction of sp³-hybridized carbons (Fsp3) is 0.667. The van der Waals surface area contributed by atoms with Gasteiger partial charge in [0, 0.05) is 44.1 Å². The number of carbonyl (C=O) groups excluding carboxylic acids is 2. The Bertz CT molecular complexity index is 1090. The van der Waals surface area contributed by atoms with Gasteiger partial charge in [0.15, 0.2) is 0 Å². The van der Waals surface area contributed by atoms with Gasteiger partial charge in [0.1, 0.15) is 0 Å². The van der Waals surface area contributed by atoms with Crippen LogP contribution in [0.5, 0.6) is 0 Å². The third-order valence-corrected chi connectivity index (χ3v) is 9.39. The number of benzene rings is 1. The molecule has 3 fully saturated rings. The minimum atomic E-state index is -0.825. The minimum absolute atomic E-state index is 0.109. The Balaban J connectivity index is 0.000000257. The van der Waals surface area contributed by atoms with E-state index in [1.54, 1.807) is 0 Å². The molecule has 1 aromatic rings. The number of nitrogens with one attached hydrogen (secondary N) is 1. The van der Waals surface area contributed by atoms with E-state index in [1.807, 2.05) is 25.2 Å². The number of hydrogen-bond donors (Lipinski definition) is 4. The van der Waals surface area contributed by atoms with Crippen molar-refractivity contribution in [3.8, 4) is 0 Å². The smallest absolute Gasteiger partial charge is 0.407 e. The molecule has 2 heterocycles. The summed E-state index contributed by atoms with van der Waals surface area (Å²) in [5.74, 6) is 1.27. The zero-order chi connectivity index (χ0) is 33.7. The molecule has 5 rings (SSSR count). The molecule has 2 unspecified atom stereocenters. The van der Waals surface area contributed by atoms with Crippen LogP contribution in [0.25, 0.3) is 0 Å². The number of rotatable bonds is 10. The van der Waals surface area contributed by atoms with E-state index in [4.69, 9.17) is 20.7 Å². The second-order valence-electron chi connectivity index (χ2n) is 12.8. The second-order valence-corrected chi connectivity index (χ2v) is 12.8. The third kappa shape index (κ3) is 14.8. The van der Waals surface area contributed by atoms with E-state index >= 15 is 0 Å². The minimum Gasteiger partial charge on any atom is -0.483 e. The zero-order valence-corrected chi connectivity index (χ0v) is 28.1. The maximum Gasteiger partial charge on any atom is 0.407 e. The maximum atomic E-state index is 12.2. The lowest BCUT2D eigenvalue weighted by molar-refractivity contribution is -0.134. The Morgan fingerprint density at radius 3 is 2.22 bits per heavy atom. The molecule has 46 heavy (non-hydrogen) atoms. The third-order valence-electron chi connectivity index (χ3n) is 9.39. The number of hydrogen-bond acceptors (Lipinski definition) is 5. The van der Waals surface area contributed by atoms with Gasteiger partial charge >= 0.3 is 6.09 Å². The molecule has 0 bridgehead atoms. The summed E-state index contributed by atoms with van der Waals surface area (Å²) in [6.45, 7) is 4.08. The first-order valence-corrected chi connectivity index (χ1v) is 17.3. The molecule has 3 atom stereocenters. The van der Waals surface area contributed by atoms with Crippen molar-refractivity contribution in [2.24, 2.45) is 17.6 Å². The van der Waals surface area contributed by atoms with Crippen LogP contribution >= 0.6 is 0 Å². The van der Waals surface area contributed by atoms with Crippen LogP contribution in [-0.4, -0.2) is 76.6 Å². The molecule has 1 aromatic carbocycles. The number of piperidine rings is 1. The fourth-order valence-corrected chi connectivity index (χ4v) is 6.40. The Morgan fingerprint density at radius 2 is 1.63 bits per heavy atom. The molecule has 4 aliphatic rings. The first-order valence-electron chi connectivity index (χ1n) is 17.3. The van der Waals surface area contributed by atoms with Crippen molar-refractivity contribution >= 4 is 24.4 Å². The highest BCUT2D eigenvalue weighted by atomic mass is 16.4. The van der Waals surface area contributed by atoms with Gasteiger partial charge < -0.3 is 31.1 Å².